The average Bonchev–Trinajstić information content (AvgIpc) is 2.84. The minimum Gasteiger partial charge on any atom is -0.356 e. The number of nitrogens with one attached hydrogen (secondary N) is 1. The molecule has 3 N–H and O–H groups in total. The predicted molar refractivity (Wildman–Crippen MR) is 74.0 cm³/mol. The van der Waals surface area contributed by atoms with Crippen molar-refractivity contribution in [3.8, 4) is 0 Å². The van der Waals surface area contributed by atoms with Gasteiger partial charge in [-0.1, -0.05) is 26.2 Å². The lowest BCUT2D eigenvalue weighted by molar-refractivity contribution is -0.126. The highest BCUT2D eigenvalue weighted by Crippen LogP contribution is 2.31. The van der Waals surface area contributed by atoms with Crippen molar-refractivity contribution >= 4 is 5.91 Å². The molecular formula is C15H28N2O. The first-order valence-electron chi connectivity index (χ1n) is 7.68. The minimum atomic E-state index is 0.191. The standard InChI is InChI=1S/C15H28N2O/c1-11-4-2-5-12(8-11)10-17-15(18)14-7-3-6-13(14)9-16/h11-14H,2-10,16H2,1H3,(H,17,18). The molecule has 2 aliphatic carbocycles. The highest BCUT2D eigenvalue weighted by Gasteiger charge is 2.32. The van der Waals surface area contributed by atoms with Crippen molar-refractivity contribution in [1.29, 1.82) is 0 Å². The molecule has 2 saturated carbocycles. The summed E-state index contributed by atoms with van der Waals surface area (Å²) in [7, 11) is 0. The summed E-state index contributed by atoms with van der Waals surface area (Å²) in [6, 6.07) is 0. The Morgan fingerprint density at radius 3 is 2.72 bits per heavy atom. The van der Waals surface area contributed by atoms with E-state index in [1.165, 1.54) is 32.1 Å². The molecule has 0 aromatic rings. The quantitative estimate of drug-likeness (QED) is 0.806. The molecule has 0 spiro atoms. The molecule has 0 radical (unpaired) electrons. The Balaban J connectivity index is 1.74. The van der Waals surface area contributed by atoms with Crippen LogP contribution in [0, 0.1) is 23.7 Å². The van der Waals surface area contributed by atoms with Crippen LogP contribution < -0.4 is 11.1 Å². The van der Waals surface area contributed by atoms with Crippen LogP contribution in [0.15, 0.2) is 0 Å². The molecule has 2 aliphatic rings. The van der Waals surface area contributed by atoms with Crippen molar-refractivity contribution in [1.82, 2.24) is 5.32 Å². The molecule has 0 aromatic carbocycles. The number of hydrogen-bond acceptors (Lipinski definition) is 2. The maximum Gasteiger partial charge on any atom is 0.223 e. The maximum atomic E-state index is 12.2. The van der Waals surface area contributed by atoms with Crippen LogP contribution in [0.5, 0.6) is 0 Å². The lowest BCUT2D eigenvalue weighted by Crippen LogP contribution is -2.38. The first kappa shape index (κ1) is 13.9. The van der Waals surface area contributed by atoms with Gasteiger partial charge in [-0.2, -0.15) is 0 Å². The normalized spacial score (nSPS) is 36.6. The molecule has 4 unspecified atom stereocenters. The fourth-order valence-corrected chi connectivity index (χ4v) is 3.79. The third-order valence-electron chi connectivity index (χ3n) is 4.91. The van der Waals surface area contributed by atoms with Gasteiger partial charge in [0.15, 0.2) is 0 Å². The Labute approximate surface area is 111 Å². The summed E-state index contributed by atoms with van der Waals surface area (Å²) in [4.78, 5) is 12.2. The molecule has 18 heavy (non-hydrogen) atoms. The maximum absolute atomic E-state index is 12.2. The second-order valence-corrected chi connectivity index (χ2v) is 6.42. The summed E-state index contributed by atoms with van der Waals surface area (Å²) in [5, 5.41) is 3.18. The number of nitrogens with two attached hydrogens (primary N) is 1. The first-order valence-corrected chi connectivity index (χ1v) is 7.68. The molecule has 0 heterocycles. The van der Waals surface area contributed by atoms with Gasteiger partial charge in [-0.05, 0) is 50.0 Å². The second kappa shape index (κ2) is 6.55. The van der Waals surface area contributed by atoms with E-state index in [1.54, 1.807) is 0 Å². The Morgan fingerprint density at radius 2 is 2.00 bits per heavy atom. The molecule has 2 rings (SSSR count). The van der Waals surface area contributed by atoms with Crippen LogP contribution in [0.25, 0.3) is 0 Å². The zero-order valence-electron chi connectivity index (χ0n) is 11.7. The number of amides is 1. The lowest BCUT2D eigenvalue weighted by Gasteiger charge is -2.27. The summed E-state index contributed by atoms with van der Waals surface area (Å²) < 4.78 is 0. The van der Waals surface area contributed by atoms with Crippen molar-refractivity contribution in [3.63, 3.8) is 0 Å². The number of hydrogen-bond donors (Lipinski definition) is 2. The van der Waals surface area contributed by atoms with Gasteiger partial charge < -0.3 is 11.1 Å². The first-order chi connectivity index (χ1) is 8.70. The second-order valence-electron chi connectivity index (χ2n) is 6.42. The summed E-state index contributed by atoms with van der Waals surface area (Å²) in [5.74, 6) is 2.42. The van der Waals surface area contributed by atoms with E-state index in [9.17, 15) is 4.79 Å². The van der Waals surface area contributed by atoms with Gasteiger partial charge in [-0.3, -0.25) is 4.79 Å². The summed E-state index contributed by atoms with van der Waals surface area (Å²) in [5.41, 5.74) is 5.74. The van der Waals surface area contributed by atoms with E-state index >= 15 is 0 Å². The van der Waals surface area contributed by atoms with Crippen molar-refractivity contribution in [2.45, 2.75) is 51.9 Å². The largest absolute Gasteiger partial charge is 0.356 e. The van der Waals surface area contributed by atoms with Gasteiger partial charge in [0.05, 0.1) is 0 Å². The summed E-state index contributed by atoms with van der Waals surface area (Å²) >= 11 is 0. The molecule has 3 heteroatoms. The fraction of sp³-hybridized carbons (Fsp3) is 0.933. The highest BCUT2D eigenvalue weighted by molar-refractivity contribution is 5.79. The van der Waals surface area contributed by atoms with Gasteiger partial charge in [0, 0.05) is 12.5 Å². The number of carbonyl (C=O) groups is 1. The van der Waals surface area contributed by atoms with E-state index in [1.807, 2.05) is 0 Å². The van der Waals surface area contributed by atoms with Gasteiger partial charge in [0.2, 0.25) is 5.91 Å². The fourth-order valence-electron chi connectivity index (χ4n) is 3.79. The highest BCUT2D eigenvalue weighted by atomic mass is 16.1. The van der Waals surface area contributed by atoms with Crippen molar-refractivity contribution in [3.05, 3.63) is 0 Å². The van der Waals surface area contributed by atoms with E-state index in [2.05, 4.69) is 12.2 Å². The Bertz CT molecular complexity index is 280. The van der Waals surface area contributed by atoms with E-state index in [0.717, 1.165) is 25.3 Å². The van der Waals surface area contributed by atoms with Gasteiger partial charge in [-0.15, -0.1) is 0 Å². The van der Waals surface area contributed by atoms with Crippen LogP contribution in [0.2, 0.25) is 0 Å². The molecule has 0 aliphatic heterocycles. The van der Waals surface area contributed by atoms with Crippen LogP contribution in [-0.4, -0.2) is 19.0 Å². The van der Waals surface area contributed by atoms with Gasteiger partial charge in [0.25, 0.3) is 0 Å². The van der Waals surface area contributed by atoms with Crippen molar-refractivity contribution < 1.29 is 4.79 Å². The topological polar surface area (TPSA) is 55.1 Å². The molecule has 0 bridgehead atoms. The van der Waals surface area contributed by atoms with Crippen LogP contribution >= 0.6 is 0 Å². The molecule has 3 nitrogen and oxygen atoms in total. The molecule has 0 saturated heterocycles. The SMILES string of the molecule is CC1CCCC(CNC(=O)C2CCCC2CN)C1. The third-order valence-corrected chi connectivity index (χ3v) is 4.91. The monoisotopic (exact) mass is 252 g/mol. The molecule has 2 fully saturated rings. The summed E-state index contributed by atoms with van der Waals surface area (Å²) in [6.45, 7) is 3.88. The van der Waals surface area contributed by atoms with Gasteiger partial charge in [0.1, 0.15) is 0 Å². The number of carbonyl (C=O) groups excluding carboxylic acids is 1. The lowest BCUT2D eigenvalue weighted by atomic mass is 9.82. The van der Waals surface area contributed by atoms with E-state index in [4.69, 9.17) is 5.73 Å². The molecule has 0 aromatic heterocycles. The molecule has 1 amide bonds. The predicted octanol–water partition coefficient (Wildman–Crippen LogP) is 2.30. The molecular weight excluding hydrogens is 224 g/mol. The zero-order valence-corrected chi connectivity index (χ0v) is 11.7. The smallest absolute Gasteiger partial charge is 0.223 e. The molecule has 104 valence electrons. The van der Waals surface area contributed by atoms with E-state index < -0.39 is 0 Å². The third kappa shape index (κ3) is 3.47. The van der Waals surface area contributed by atoms with Gasteiger partial charge >= 0.3 is 0 Å². The Hall–Kier alpha value is -0.570. The average molecular weight is 252 g/mol. The van der Waals surface area contributed by atoms with E-state index in [0.29, 0.717) is 18.4 Å². The van der Waals surface area contributed by atoms with Crippen LogP contribution in [-0.2, 0) is 4.79 Å². The van der Waals surface area contributed by atoms with Crippen LogP contribution in [0.1, 0.15) is 51.9 Å². The summed E-state index contributed by atoms with van der Waals surface area (Å²) in [6.07, 6.45) is 8.60. The zero-order chi connectivity index (χ0) is 13.0. The van der Waals surface area contributed by atoms with Crippen molar-refractivity contribution in [2.75, 3.05) is 13.1 Å². The van der Waals surface area contributed by atoms with Crippen LogP contribution in [0.3, 0.4) is 0 Å². The number of rotatable bonds is 4. The van der Waals surface area contributed by atoms with E-state index in [-0.39, 0.29) is 11.8 Å². The molecule has 4 atom stereocenters. The Kier molecular flexibility index (Phi) is 5.04. The van der Waals surface area contributed by atoms with Crippen LogP contribution in [0.4, 0.5) is 0 Å². The van der Waals surface area contributed by atoms with Gasteiger partial charge in [-0.25, -0.2) is 0 Å². The van der Waals surface area contributed by atoms with Crippen molar-refractivity contribution in [2.24, 2.45) is 29.4 Å². The Morgan fingerprint density at radius 1 is 1.22 bits per heavy atom. The minimum absolute atomic E-state index is 0.191.